The molecule has 3 aromatic rings. The van der Waals surface area contributed by atoms with Crippen molar-refractivity contribution in [1.29, 1.82) is 5.26 Å². The Kier molecular flexibility index (Phi) is 6.48. The number of ether oxygens (including phenoxy) is 1. The number of nitrogens with one attached hydrogen (secondary N) is 1. The highest BCUT2D eigenvalue weighted by molar-refractivity contribution is 5.94. The van der Waals surface area contributed by atoms with Crippen LogP contribution in [-0.2, 0) is 11.6 Å². The summed E-state index contributed by atoms with van der Waals surface area (Å²) in [7, 11) is 0. The number of aromatic nitrogens is 6. The van der Waals surface area contributed by atoms with Gasteiger partial charge < -0.3 is 10.1 Å². The summed E-state index contributed by atoms with van der Waals surface area (Å²) in [5, 5.41) is 15.8. The second kappa shape index (κ2) is 9.30. The lowest BCUT2D eigenvalue weighted by Crippen LogP contribution is -2.30. The van der Waals surface area contributed by atoms with E-state index in [1.807, 2.05) is 6.07 Å². The van der Waals surface area contributed by atoms with Gasteiger partial charge in [0.2, 0.25) is 0 Å². The number of nitriles is 1. The van der Waals surface area contributed by atoms with Gasteiger partial charge in [0, 0.05) is 5.56 Å². The van der Waals surface area contributed by atoms with Crippen molar-refractivity contribution in [3.8, 4) is 17.8 Å². The molecule has 0 radical (unpaired) electrons. The molecule has 1 saturated carbocycles. The van der Waals surface area contributed by atoms with Gasteiger partial charge in [0.15, 0.2) is 18.2 Å². The summed E-state index contributed by atoms with van der Waals surface area (Å²) in [5.74, 6) is -1.16. The van der Waals surface area contributed by atoms with Crippen LogP contribution >= 0.6 is 0 Å². The third-order valence-electron chi connectivity index (χ3n) is 5.35. The Labute approximate surface area is 204 Å². The van der Waals surface area contributed by atoms with Crippen molar-refractivity contribution >= 4 is 5.91 Å². The maximum atomic E-state index is 13.4. The van der Waals surface area contributed by atoms with Crippen LogP contribution in [0.3, 0.4) is 0 Å². The van der Waals surface area contributed by atoms with Gasteiger partial charge in [-0.25, -0.2) is 19.9 Å². The molecule has 194 valence electrons. The fraction of sp³-hybridized carbons (Fsp3) is 0.381. The van der Waals surface area contributed by atoms with Crippen LogP contribution in [-0.4, -0.2) is 48.4 Å². The molecule has 0 aromatic carbocycles. The Hall–Kier alpha value is -4.29. The van der Waals surface area contributed by atoms with E-state index in [2.05, 4.69) is 35.1 Å². The summed E-state index contributed by atoms with van der Waals surface area (Å²) < 4.78 is 82.8. The van der Waals surface area contributed by atoms with E-state index in [0.29, 0.717) is 18.9 Å². The zero-order chi connectivity index (χ0) is 27.0. The van der Waals surface area contributed by atoms with Gasteiger partial charge in [0.25, 0.3) is 11.9 Å². The van der Waals surface area contributed by atoms with E-state index in [0.717, 1.165) is 29.5 Å². The first kappa shape index (κ1) is 25.8. The highest BCUT2D eigenvalue weighted by atomic mass is 19.4. The second-order valence-corrected chi connectivity index (χ2v) is 8.17. The number of carbonyl (C=O) groups is 1. The molecule has 1 unspecified atom stereocenters. The normalized spacial score (nSPS) is 15.5. The van der Waals surface area contributed by atoms with Crippen LogP contribution in [0.1, 0.15) is 53.4 Å². The molecule has 16 heteroatoms. The average molecular weight is 526 g/mol. The van der Waals surface area contributed by atoms with Crippen LogP contribution in [0.4, 0.5) is 26.3 Å². The van der Waals surface area contributed by atoms with Gasteiger partial charge in [-0.1, -0.05) is 0 Å². The molecule has 37 heavy (non-hydrogen) atoms. The molecule has 3 heterocycles. The molecule has 1 N–H and O–H groups in total. The van der Waals surface area contributed by atoms with Gasteiger partial charge in [0.1, 0.15) is 12.0 Å². The minimum Gasteiger partial charge on any atom is -0.481 e. The summed E-state index contributed by atoms with van der Waals surface area (Å²) in [6.45, 7) is -0.0563. The number of hydrogen-bond donors (Lipinski definition) is 1. The summed E-state index contributed by atoms with van der Waals surface area (Å²) in [4.78, 5) is 28.2. The van der Waals surface area contributed by atoms with Crippen LogP contribution in [0.15, 0.2) is 30.9 Å². The number of amides is 1. The van der Waals surface area contributed by atoms with Gasteiger partial charge in [0.05, 0.1) is 35.6 Å². The molecule has 0 bridgehead atoms. The maximum absolute atomic E-state index is 13.4. The van der Waals surface area contributed by atoms with Crippen molar-refractivity contribution in [3.05, 3.63) is 53.6 Å². The summed E-state index contributed by atoms with van der Waals surface area (Å²) in [5.41, 5.74) is -2.94. The van der Waals surface area contributed by atoms with Crippen LogP contribution in [0.2, 0.25) is 0 Å². The Balaban J connectivity index is 1.54. The molecule has 10 nitrogen and oxygen atoms in total. The number of alkyl halides is 6. The summed E-state index contributed by atoms with van der Waals surface area (Å²) in [6.07, 6.45) is -5.64. The molecule has 0 saturated heterocycles. The van der Waals surface area contributed by atoms with E-state index in [4.69, 9.17) is 0 Å². The first-order chi connectivity index (χ1) is 17.3. The molecule has 0 aliphatic heterocycles. The van der Waals surface area contributed by atoms with Gasteiger partial charge in [-0.15, -0.1) is 0 Å². The SMILES string of the molecule is CC(NC(=O)c1cc(C(F)(F)F)nc(C2(C#N)CC2)c1)c1ncnn1-c1ncc(OCC(F)(F)F)cn1. The number of hydrogen-bond acceptors (Lipinski definition) is 8. The van der Waals surface area contributed by atoms with Gasteiger partial charge in [-0.3, -0.25) is 4.79 Å². The highest BCUT2D eigenvalue weighted by Gasteiger charge is 2.48. The standard InChI is InChI=1S/C21H16F6N8O2/c1-11(16-31-10-32-35(16)18-29-6-13(7-30-18)37-9-20(22,23)24)33-17(36)12-4-14(19(8-28)2-3-19)34-15(5-12)21(25,26)27/h4-7,10-11H,2-3,9H2,1H3,(H,33,36). The van der Waals surface area contributed by atoms with Crippen LogP contribution in [0.25, 0.3) is 5.95 Å². The van der Waals surface area contributed by atoms with Crippen molar-refractivity contribution in [2.45, 2.75) is 43.6 Å². The molecule has 0 spiro atoms. The fourth-order valence-electron chi connectivity index (χ4n) is 3.31. The lowest BCUT2D eigenvalue weighted by Gasteiger charge is -2.16. The van der Waals surface area contributed by atoms with Gasteiger partial charge in [-0.2, -0.15) is 41.4 Å². The quantitative estimate of drug-likeness (QED) is 0.463. The van der Waals surface area contributed by atoms with Crippen molar-refractivity contribution < 1.29 is 35.9 Å². The monoisotopic (exact) mass is 526 g/mol. The lowest BCUT2D eigenvalue weighted by atomic mass is 10.0. The Bertz CT molecular complexity index is 1340. The number of pyridine rings is 1. The van der Waals surface area contributed by atoms with Crippen LogP contribution < -0.4 is 10.1 Å². The number of nitrogens with zero attached hydrogens (tertiary/aromatic N) is 7. The molecule has 1 aliphatic carbocycles. The first-order valence-electron chi connectivity index (χ1n) is 10.5. The number of rotatable bonds is 7. The molecular weight excluding hydrogens is 510 g/mol. The minimum atomic E-state index is -4.84. The minimum absolute atomic E-state index is 0.0818. The summed E-state index contributed by atoms with van der Waals surface area (Å²) in [6, 6.07) is 2.78. The average Bonchev–Trinajstić information content (AvgIpc) is 3.49. The van der Waals surface area contributed by atoms with E-state index >= 15 is 0 Å². The predicted octanol–water partition coefficient (Wildman–Crippen LogP) is 3.46. The van der Waals surface area contributed by atoms with Gasteiger partial charge >= 0.3 is 12.4 Å². The topological polar surface area (TPSA) is 132 Å². The smallest absolute Gasteiger partial charge is 0.433 e. The molecule has 1 fully saturated rings. The van der Waals surface area contributed by atoms with Crippen LogP contribution in [0, 0.1) is 11.3 Å². The molecule has 1 amide bonds. The first-order valence-corrected chi connectivity index (χ1v) is 10.5. The Morgan fingerprint density at radius 2 is 1.86 bits per heavy atom. The Morgan fingerprint density at radius 1 is 1.19 bits per heavy atom. The zero-order valence-corrected chi connectivity index (χ0v) is 18.8. The third kappa shape index (κ3) is 5.76. The molecular formula is C21H16F6N8O2. The molecule has 4 rings (SSSR count). The second-order valence-electron chi connectivity index (χ2n) is 8.17. The maximum Gasteiger partial charge on any atom is 0.433 e. The van der Waals surface area contributed by atoms with Crippen molar-refractivity contribution in [3.63, 3.8) is 0 Å². The molecule has 3 aromatic heterocycles. The van der Waals surface area contributed by atoms with Crippen LogP contribution in [0.5, 0.6) is 5.75 Å². The number of carbonyl (C=O) groups excluding carboxylic acids is 1. The largest absolute Gasteiger partial charge is 0.481 e. The van der Waals surface area contributed by atoms with E-state index in [9.17, 15) is 36.4 Å². The van der Waals surface area contributed by atoms with Crippen molar-refractivity contribution in [2.24, 2.45) is 0 Å². The van der Waals surface area contributed by atoms with E-state index in [-0.39, 0.29) is 28.8 Å². The highest BCUT2D eigenvalue weighted by Crippen LogP contribution is 2.47. The van der Waals surface area contributed by atoms with E-state index in [1.165, 1.54) is 6.92 Å². The summed E-state index contributed by atoms with van der Waals surface area (Å²) >= 11 is 0. The fourth-order valence-corrected chi connectivity index (χ4v) is 3.31. The van der Waals surface area contributed by atoms with Crippen molar-refractivity contribution in [1.82, 2.24) is 35.0 Å². The molecule has 1 aliphatic rings. The van der Waals surface area contributed by atoms with E-state index in [1.54, 1.807) is 0 Å². The number of halogens is 6. The Morgan fingerprint density at radius 3 is 2.43 bits per heavy atom. The zero-order valence-electron chi connectivity index (χ0n) is 18.8. The molecule has 1 atom stereocenters. The van der Waals surface area contributed by atoms with E-state index < -0.39 is 42.0 Å². The van der Waals surface area contributed by atoms with Gasteiger partial charge in [-0.05, 0) is 31.9 Å². The predicted molar refractivity (Wildman–Crippen MR) is 110 cm³/mol. The lowest BCUT2D eigenvalue weighted by molar-refractivity contribution is -0.153. The third-order valence-corrected chi connectivity index (χ3v) is 5.35. The van der Waals surface area contributed by atoms with Crippen molar-refractivity contribution in [2.75, 3.05) is 6.61 Å².